The molecule has 0 amide bonds. The van der Waals surface area contributed by atoms with E-state index in [4.69, 9.17) is 9.47 Å². The predicted octanol–water partition coefficient (Wildman–Crippen LogP) is 4.22. The molecule has 0 heterocycles. The lowest BCUT2D eigenvalue weighted by atomic mass is 10.0. The lowest BCUT2D eigenvalue weighted by Crippen LogP contribution is -2.04. The quantitative estimate of drug-likeness (QED) is 0.436. The summed E-state index contributed by atoms with van der Waals surface area (Å²) in [5, 5.41) is 0. The summed E-state index contributed by atoms with van der Waals surface area (Å²) in [4.78, 5) is 12.2. The molecule has 2 rings (SSSR count). The molecule has 0 N–H and O–H groups in total. The van der Waals surface area contributed by atoms with Crippen LogP contribution >= 0.6 is 0 Å². The van der Waals surface area contributed by atoms with Gasteiger partial charge in [-0.1, -0.05) is 24.3 Å². The summed E-state index contributed by atoms with van der Waals surface area (Å²) in [5.41, 5.74) is 4.14. The Hall–Kier alpha value is -2.39. The first-order valence-electron chi connectivity index (χ1n) is 7.61. The topological polar surface area (TPSA) is 35.5 Å². The third kappa shape index (κ3) is 5.08. The molecule has 0 saturated carbocycles. The fourth-order valence-corrected chi connectivity index (χ4v) is 2.09. The van der Waals surface area contributed by atoms with Gasteiger partial charge in [-0.25, -0.2) is 0 Å². The van der Waals surface area contributed by atoms with E-state index >= 15 is 0 Å². The fourth-order valence-electron chi connectivity index (χ4n) is 2.09. The predicted molar refractivity (Wildman–Crippen MR) is 93.1 cm³/mol. The first-order chi connectivity index (χ1) is 11.1. The Morgan fingerprint density at radius 2 is 1.74 bits per heavy atom. The largest absolute Gasteiger partial charge is 0.491 e. The minimum atomic E-state index is -0.0216. The average Bonchev–Trinajstić information content (AvgIpc) is 2.56. The van der Waals surface area contributed by atoms with E-state index in [1.807, 2.05) is 12.1 Å². The van der Waals surface area contributed by atoms with Gasteiger partial charge in [0.15, 0.2) is 5.78 Å². The molecule has 0 aliphatic rings. The molecule has 120 valence electrons. The van der Waals surface area contributed by atoms with Gasteiger partial charge in [-0.3, -0.25) is 4.79 Å². The molecule has 2 aromatic carbocycles. The van der Waals surface area contributed by atoms with Crippen molar-refractivity contribution in [1.82, 2.24) is 0 Å². The van der Waals surface area contributed by atoms with E-state index in [2.05, 4.69) is 26.0 Å². The molecule has 0 aliphatic carbocycles. The van der Waals surface area contributed by atoms with Gasteiger partial charge in [0.1, 0.15) is 12.4 Å². The summed E-state index contributed by atoms with van der Waals surface area (Å²) < 4.78 is 10.4. The van der Waals surface area contributed by atoms with Gasteiger partial charge in [-0.2, -0.15) is 0 Å². The van der Waals surface area contributed by atoms with Crippen LogP contribution in [0.15, 0.2) is 48.5 Å². The molecule has 0 spiro atoms. The van der Waals surface area contributed by atoms with Crippen molar-refractivity contribution < 1.29 is 14.3 Å². The highest BCUT2D eigenvalue weighted by atomic mass is 16.5. The number of hydrogen-bond donors (Lipinski definition) is 0. The van der Waals surface area contributed by atoms with Crippen LogP contribution in [0.4, 0.5) is 0 Å². The molecule has 0 fully saturated rings. The van der Waals surface area contributed by atoms with Crippen molar-refractivity contribution >= 4 is 11.9 Å². The van der Waals surface area contributed by atoms with Crippen LogP contribution in [-0.2, 0) is 4.74 Å². The monoisotopic (exact) mass is 310 g/mol. The van der Waals surface area contributed by atoms with Gasteiger partial charge in [0, 0.05) is 12.7 Å². The first-order valence-corrected chi connectivity index (χ1v) is 7.61. The van der Waals surface area contributed by atoms with Crippen LogP contribution < -0.4 is 4.74 Å². The Morgan fingerprint density at radius 1 is 1.00 bits per heavy atom. The zero-order valence-electron chi connectivity index (χ0n) is 13.8. The smallest absolute Gasteiger partial charge is 0.185 e. The summed E-state index contributed by atoms with van der Waals surface area (Å²) in [5.74, 6) is 0.711. The maximum absolute atomic E-state index is 12.2. The van der Waals surface area contributed by atoms with E-state index in [0.717, 1.165) is 11.3 Å². The lowest BCUT2D eigenvalue weighted by Gasteiger charge is -2.05. The molecule has 23 heavy (non-hydrogen) atoms. The molecule has 0 radical (unpaired) electrons. The Balaban J connectivity index is 1.99. The van der Waals surface area contributed by atoms with Crippen molar-refractivity contribution in [3.63, 3.8) is 0 Å². The van der Waals surface area contributed by atoms with E-state index in [0.29, 0.717) is 18.8 Å². The molecule has 0 bridgehead atoms. The van der Waals surface area contributed by atoms with Gasteiger partial charge in [-0.05, 0) is 60.9 Å². The van der Waals surface area contributed by atoms with Gasteiger partial charge >= 0.3 is 0 Å². The second-order valence-corrected chi connectivity index (χ2v) is 5.41. The molecular weight excluding hydrogens is 288 g/mol. The first kappa shape index (κ1) is 17.0. The Kier molecular flexibility index (Phi) is 6.12. The number of carbonyl (C=O) groups is 1. The number of ketones is 1. The number of hydrogen-bond acceptors (Lipinski definition) is 3. The number of benzene rings is 2. The minimum Gasteiger partial charge on any atom is -0.491 e. The summed E-state index contributed by atoms with van der Waals surface area (Å²) in [7, 11) is 1.63. The number of ether oxygens (including phenoxy) is 2. The van der Waals surface area contributed by atoms with Crippen LogP contribution in [0.25, 0.3) is 6.08 Å². The zero-order chi connectivity index (χ0) is 16.7. The van der Waals surface area contributed by atoms with Gasteiger partial charge in [0.25, 0.3) is 0 Å². The molecule has 3 heteroatoms. The third-order valence-corrected chi connectivity index (χ3v) is 3.65. The van der Waals surface area contributed by atoms with Gasteiger partial charge in [-0.15, -0.1) is 0 Å². The van der Waals surface area contributed by atoms with Gasteiger partial charge in [0.05, 0.1) is 6.61 Å². The highest BCUT2D eigenvalue weighted by Crippen LogP contribution is 2.14. The van der Waals surface area contributed by atoms with Crippen molar-refractivity contribution in [2.45, 2.75) is 13.8 Å². The lowest BCUT2D eigenvalue weighted by molar-refractivity contribution is 0.104. The number of aryl methyl sites for hydroxylation is 2. The molecule has 0 aromatic heterocycles. The maximum atomic E-state index is 12.2. The Labute approximate surface area is 137 Å². The highest BCUT2D eigenvalue weighted by Gasteiger charge is 2.02. The maximum Gasteiger partial charge on any atom is 0.185 e. The summed E-state index contributed by atoms with van der Waals surface area (Å²) in [6.45, 7) is 5.18. The standard InChI is InChI=1S/C20H22O3/c1-15-4-5-17(14-16(15)2)6-11-20(21)18-7-9-19(10-8-18)23-13-12-22-3/h4-11,14H,12-13H2,1-3H3. The van der Waals surface area contributed by atoms with Crippen molar-refractivity contribution in [3.05, 3.63) is 70.8 Å². The molecule has 0 unspecified atom stereocenters. The normalized spacial score (nSPS) is 10.9. The number of carbonyl (C=O) groups excluding carboxylic acids is 1. The number of allylic oxidation sites excluding steroid dienone is 1. The van der Waals surface area contributed by atoms with E-state index < -0.39 is 0 Å². The van der Waals surface area contributed by atoms with Crippen LogP contribution in [0, 0.1) is 13.8 Å². The van der Waals surface area contributed by atoms with E-state index in [1.54, 1.807) is 37.5 Å². The number of methoxy groups -OCH3 is 1. The second kappa shape index (κ2) is 8.30. The van der Waals surface area contributed by atoms with E-state index in [9.17, 15) is 4.79 Å². The minimum absolute atomic E-state index is 0.0216. The van der Waals surface area contributed by atoms with E-state index in [-0.39, 0.29) is 5.78 Å². The number of rotatable bonds is 7. The van der Waals surface area contributed by atoms with Crippen molar-refractivity contribution in [2.75, 3.05) is 20.3 Å². The van der Waals surface area contributed by atoms with Crippen LogP contribution in [0.1, 0.15) is 27.0 Å². The molecule has 2 aromatic rings. The van der Waals surface area contributed by atoms with Crippen LogP contribution in [0.2, 0.25) is 0 Å². The summed E-state index contributed by atoms with van der Waals surface area (Å²) in [6.07, 6.45) is 3.45. The SMILES string of the molecule is COCCOc1ccc(C(=O)C=Cc2ccc(C)c(C)c2)cc1. The molecule has 0 atom stereocenters. The molecule has 0 saturated heterocycles. The van der Waals surface area contributed by atoms with Crippen LogP contribution in [0.5, 0.6) is 5.75 Å². The fraction of sp³-hybridized carbons (Fsp3) is 0.250. The van der Waals surface area contributed by atoms with Crippen LogP contribution in [-0.4, -0.2) is 26.1 Å². The molecule has 3 nitrogen and oxygen atoms in total. The average molecular weight is 310 g/mol. The van der Waals surface area contributed by atoms with Gasteiger partial charge in [0.2, 0.25) is 0 Å². The highest BCUT2D eigenvalue weighted by molar-refractivity contribution is 6.06. The third-order valence-electron chi connectivity index (χ3n) is 3.65. The summed E-state index contributed by atoms with van der Waals surface area (Å²) in [6, 6.07) is 13.3. The van der Waals surface area contributed by atoms with Crippen molar-refractivity contribution in [2.24, 2.45) is 0 Å². The summed E-state index contributed by atoms with van der Waals surface area (Å²) >= 11 is 0. The second-order valence-electron chi connectivity index (χ2n) is 5.41. The Bertz CT molecular complexity index is 685. The van der Waals surface area contributed by atoms with Gasteiger partial charge < -0.3 is 9.47 Å². The van der Waals surface area contributed by atoms with Crippen LogP contribution in [0.3, 0.4) is 0 Å². The van der Waals surface area contributed by atoms with Crippen molar-refractivity contribution in [3.8, 4) is 5.75 Å². The Morgan fingerprint density at radius 3 is 2.39 bits per heavy atom. The van der Waals surface area contributed by atoms with E-state index in [1.165, 1.54) is 11.1 Å². The molecule has 0 aliphatic heterocycles. The molecular formula is C20H22O3. The zero-order valence-corrected chi connectivity index (χ0v) is 13.8. The van der Waals surface area contributed by atoms with Crippen molar-refractivity contribution in [1.29, 1.82) is 0 Å².